The molecular weight excluding hydrogens is 435 g/mol. The molecule has 0 atom stereocenters. The van der Waals surface area contributed by atoms with Gasteiger partial charge in [-0.25, -0.2) is 0 Å². The third-order valence-electron chi connectivity index (χ3n) is 6.34. The first-order valence-electron chi connectivity index (χ1n) is 10.8. The summed E-state index contributed by atoms with van der Waals surface area (Å²) in [6.07, 6.45) is -1.82. The average molecular weight is 459 g/mol. The van der Waals surface area contributed by atoms with E-state index < -0.39 is 17.5 Å². The van der Waals surface area contributed by atoms with Gasteiger partial charge in [-0.1, -0.05) is 12.1 Å². The molecule has 2 aliphatic rings. The van der Waals surface area contributed by atoms with Crippen LogP contribution in [-0.4, -0.2) is 47.3 Å². The summed E-state index contributed by atoms with van der Waals surface area (Å²) in [6, 6.07) is 6.17. The Bertz CT molecular complexity index is 1190. The van der Waals surface area contributed by atoms with Crippen molar-refractivity contribution in [3.63, 3.8) is 0 Å². The lowest BCUT2D eigenvalue weighted by atomic mass is 10.0. The average Bonchev–Trinajstić information content (AvgIpc) is 3.43. The molecule has 0 aliphatic carbocycles. The Morgan fingerprint density at radius 2 is 1.94 bits per heavy atom. The summed E-state index contributed by atoms with van der Waals surface area (Å²) >= 11 is 0. The molecule has 0 saturated carbocycles. The zero-order valence-electron chi connectivity index (χ0n) is 18.4. The lowest BCUT2D eigenvalue weighted by Crippen LogP contribution is -2.34. The van der Waals surface area contributed by atoms with Crippen LogP contribution in [0.25, 0.3) is 10.9 Å². The first kappa shape index (κ1) is 21.8. The third kappa shape index (κ3) is 4.08. The number of rotatable bonds is 4. The van der Waals surface area contributed by atoms with Crippen molar-refractivity contribution in [1.82, 2.24) is 15.2 Å². The van der Waals surface area contributed by atoms with Crippen LogP contribution in [0.1, 0.15) is 28.8 Å². The molecule has 4 heterocycles. The summed E-state index contributed by atoms with van der Waals surface area (Å²) in [4.78, 5) is 6.77. The minimum Gasteiger partial charge on any atom is -0.365 e. The largest absolute Gasteiger partial charge is 0.416 e. The number of anilines is 2. The predicted octanol–water partition coefficient (Wildman–Crippen LogP) is 4.23. The normalized spacial score (nSPS) is 17.9. The number of nitrogens with zero attached hydrogens (tertiary/aromatic N) is 4. The third-order valence-corrected chi connectivity index (χ3v) is 6.34. The molecule has 1 N–H and O–H groups in total. The number of hydrogen-bond acceptors (Lipinski definition) is 7. The summed E-state index contributed by atoms with van der Waals surface area (Å²) in [5, 5.41) is 12.4. The van der Waals surface area contributed by atoms with E-state index in [1.54, 1.807) is 12.3 Å². The highest BCUT2D eigenvalue weighted by Gasteiger charge is 2.43. The molecule has 10 heteroatoms. The molecule has 0 unspecified atom stereocenters. The molecule has 2 fully saturated rings. The van der Waals surface area contributed by atoms with Gasteiger partial charge in [-0.05, 0) is 37.1 Å². The van der Waals surface area contributed by atoms with Crippen molar-refractivity contribution < 1.29 is 22.6 Å². The Labute approximate surface area is 188 Å². The van der Waals surface area contributed by atoms with Crippen LogP contribution < -0.4 is 10.2 Å². The van der Waals surface area contributed by atoms with Crippen LogP contribution in [0.15, 0.2) is 30.5 Å². The highest BCUT2D eigenvalue weighted by molar-refractivity contribution is 5.92. The Kier molecular flexibility index (Phi) is 5.37. The molecule has 1 aromatic carbocycles. The Hall–Kier alpha value is -2.98. The Balaban J connectivity index is 1.43. The van der Waals surface area contributed by atoms with Gasteiger partial charge in [0.05, 0.1) is 48.4 Å². The standard InChI is InChI=1S/C23H24F3N5O2/c1-14-16(4-3-5-19(14)23(24,25)26)11-28-21-18-10-17(12-27-20(18)15(2)29-30-21)31-7-6-22(13-31)32-8-9-33-22/h3-5,10,12H,6-9,11,13H2,1-2H3,(H,28,30). The zero-order valence-corrected chi connectivity index (χ0v) is 18.4. The van der Waals surface area contributed by atoms with Gasteiger partial charge in [0.15, 0.2) is 11.6 Å². The number of aryl methyl sites for hydroxylation is 1. The van der Waals surface area contributed by atoms with Crippen LogP contribution in [0.2, 0.25) is 0 Å². The molecule has 0 radical (unpaired) electrons. The molecule has 3 aromatic rings. The summed E-state index contributed by atoms with van der Waals surface area (Å²) in [6.45, 7) is 6.08. The first-order chi connectivity index (χ1) is 15.8. The molecule has 0 amide bonds. The predicted molar refractivity (Wildman–Crippen MR) is 117 cm³/mol. The monoisotopic (exact) mass is 459 g/mol. The summed E-state index contributed by atoms with van der Waals surface area (Å²) in [7, 11) is 0. The molecule has 1 spiro atoms. The fourth-order valence-corrected chi connectivity index (χ4v) is 4.52. The number of halogens is 3. The Morgan fingerprint density at radius 3 is 2.70 bits per heavy atom. The lowest BCUT2D eigenvalue weighted by Gasteiger charge is -2.23. The second kappa shape index (κ2) is 8.11. The molecule has 2 saturated heterocycles. The van der Waals surface area contributed by atoms with Gasteiger partial charge in [-0.15, -0.1) is 5.10 Å². The maximum absolute atomic E-state index is 13.3. The number of alkyl halides is 3. The van der Waals surface area contributed by atoms with Gasteiger partial charge >= 0.3 is 6.18 Å². The fourth-order valence-electron chi connectivity index (χ4n) is 4.52. The van der Waals surface area contributed by atoms with Crippen LogP contribution >= 0.6 is 0 Å². The second-order valence-electron chi connectivity index (χ2n) is 8.44. The van der Waals surface area contributed by atoms with Crippen LogP contribution in [0.4, 0.5) is 24.7 Å². The van der Waals surface area contributed by atoms with Crippen LogP contribution in [0.3, 0.4) is 0 Å². The van der Waals surface area contributed by atoms with Gasteiger partial charge in [0.1, 0.15) is 0 Å². The molecule has 174 valence electrons. The van der Waals surface area contributed by atoms with Crippen molar-refractivity contribution in [1.29, 1.82) is 0 Å². The van der Waals surface area contributed by atoms with Crippen molar-refractivity contribution in [2.45, 2.75) is 38.8 Å². The molecule has 7 nitrogen and oxygen atoms in total. The quantitative estimate of drug-likeness (QED) is 0.626. The SMILES string of the molecule is Cc1c(CNc2nnc(C)c3ncc(N4CCC5(C4)OCCO5)cc23)cccc1C(F)(F)F. The van der Waals surface area contributed by atoms with E-state index in [1.807, 2.05) is 13.0 Å². The number of fused-ring (bicyclic) bond motifs is 1. The van der Waals surface area contributed by atoms with E-state index in [-0.39, 0.29) is 12.1 Å². The zero-order chi connectivity index (χ0) is 23.2. The molecule has 2 aliphatic heterocycles. The molecular formula is C23H24F3N5O2. The number of pyridine rings is 1. The molecule has 0 bridgehead atoms. The van der Waals surface area contributed by atoms with E-state index in [4.69, 9.17) is 9.47 Å². The van der Waals surface area contributed by atoms with Crippen molar-refractivity contribution in [3.05, 3.63) is 52.8 Å². The van der Waals surface area contributed by atoms with Crippen LogP contribution in [0, 0.1) is 13.8 Å². The number of ether oxygens (including phenoxy) is 2. The van der Waals surface area contributed by atoms with E-state index in [0.29, 0.717) is 42.4 Å². The van der Waals surface area contributed by atoms with Gasteiger partial charge < -0.3 is 19.7 Å². The number of benzene rings is 1. The van der Waals surface area contributed by atoms with E-state index in [1.165, 1.54) is 13.0 Å². The first-order valence-corrected chi connectivity index (χ1v) is 10.8. The van der Waals surface area contributed by atoms with Gasteiger partial charge in [-0.3, -0.25) is 4.98 Å². The molecule has 33 heavy (non-hydrogen) atoms. The minimum absolute atomic E-state index is 0.182. The van der Waals surface area contributed by atoms with Crippen LogP contribution in [-0.2, 0) is 22.2 Å². The van der Waals surface area contributed by atoms with Gasteiger partial charge in [-0.2, -0.15) is 18.3 Å². The van der Waals surface area contributed by atoms with E-state index in [2.05, 4.69) is 25.4 Å². The smallest absolute Gasteiger partial charge is 0.365 e. The van der Waals surface area contributed by atoms with E-state index >= 15 is 0 Å². The van der Waals surface area contributed by atoms with Crippen molar-refractivity contribution >= 4 is 22.4 Å². The van der Waals surface area contributed by atoms with Crippen molar-refractivity contribution in [3.8, 4) is 0 Å². The lowest BCUT2D eigenvalue weighted by molar-refractivity contribution is -0.138. The highest BCUT2D eigenvalue weighted by Crippen LogP contribution is 2.36. The summed E-state index contributed by atoms with van der Waals surface area (Å²) < 4.78 is 51.5. The van der Waals surface area contributed by atoms with E-state index in [0.717, 1.165) is 30.1 Å². The molecule has 5 rings (SSSR count). The maximum atomic E-state index is 13.3. The van der Waals surface area contributed by atoms with Crippen molar-refractivity contribution in [2.24, 2.45) is 0 Å². The summed E-state index contributed by atoms with van der Waals surface area (Å²) in [5.41, 5.74) is 2.38. The van der Waals surface area contributed by atoms with Gasteiger partial charge in [0.2, 0.25) is 0 Å². The van der Waals surface area contributed by atoms with Gasteiger partial charge in [0.25, 0.3) is 0 Å². The van der Waals surface area contributed by atoms with Crippen LogP contribution in [0.5, 0.6) is 0 Å². The number of aromatic nitrogens is 3. The second-order valence-corrected chi connectivity index (χ2v) is 8.44. The highest BCUT2D eigenvalue weighted by atomic mass is 19.4. The minimum atomic E-state index is -4.39. The maximum Gasteiger partial charge on any atom is 0.416 e. The summed E-state index contributed by atoms with van der Waals surface area (Å²) in [5.74, 6) is -0.0761. The van der Waals surface area contributed by atoms with Gasteiger partial charge in [0, 0.05) is 24.9 Å². The fraction of sp³-hybridized carbons (Fsp3) is 0.435. The number of hydrogen-bond donors (Lipinski definition) is 1. The van der Waals surface area contributed by atoms with Crippen molar-refractivity contribution in [2.75, 3.05) is 36.5 Å². The molecule has 2 aromatic heterocycles. The number of nitrogens with one attached hydrogen (secondary N) is 1. The Morgan fingerprint density at radius 1 is 1.15 bits per heavy atom. The van der Waals surface area contributed by atoms with E-state index in [9.17, 15) is 13.2 Å². The topological polar surface area (TPSA) is 72.4 Å².